The van der Waals surface area contributed by atoms with E-state index in [0.29, 0.717) is 5.02 Å². The number of piperazine rings is 1. The van der Waals surface area contributed by atoms with E-state index in [-0.39, 0.29) is 5.82 Å². The molecule has 3 aromatic rings. The molecule has 1 aromatic heterocycles. The van der Waals surface area contributed by atoms with E-state index in [1.165, 1.54) is 17.7 Å². The van der Waals surface area contributed by atoms with Gasteiger partial charge in [0.15, 0.2) is 0 Å². The molecule has 2 aromatic carbocycles. The first-order valence-electron chi connectivity index (χ1n) is 8.42. The average molecular weight is 356 g/mol. The van der Waals surface area contributed by atoms with Crippen LogP contribution in [-0.4, -0.2) is 31.2 Å². The number of fused-ring (bicyclic) bond motifs is 1. The van der Waals surface area contributed by atoms with Gasteiger partial charge in [-0.1, -0.05) is 17.7 Å². The highest BCUT2D eigenvalue weighted by Gasteiger charge is 2.19. The highest BCUT2D eigenvalue weighted by atomic mass is 35.5. The molecule has 0 bridgehead atoms. The van der Waals surface area contributed by atoms with E-state index in [9.17, 15) is 4.39 Å². The average Bonchev–Trinajstić information content (AvgIpc) is 2.62. The van der Waals surface area contributed by atoms with Gasteiger partial charge in [-0.2, -0.15) is 0 Å². The summed E-state index contributed by atoms with van der Waals surface area (Å²) in [7, 11) is 0. The normalized spacial score (nSPS) is 15.0. The van der Waals surface area contributed by atoms with E-state index in [1.807, 2.05) is 30.3 Å². The first-order valence-corrected chi connectivity index (χ1v) is 8.80. The maximum absolute atomic E-state index is 13.1. The van der Waals surface area contributed by atoms with E-state index in [2.05, 4.69) is 22.8 Å². The fourth-order valence-corrected chi connectivity index (χ4v) is 3.53. The quantitative estimate of drug-likeness (QED) is 0.666. The van der Waals surface area contributed by atoms with Crippen LogP contribution in [0, 0.1) is 12.7 Å². The van der Waals surface area contributed by atoms with Crippen molar-refractivity contribution in [1.82, 2.24) is 4.98 Å². The van der Waals surface area contributed by atoms with E-state index < -0.39 is 0 Å². The van der Waals surface area contributed by atoms with Crippen molar-refractivity contribution in [2.45, 2.75) is 6.92 Å². The third-order valence-corrected chi connectivity index (χ3v) is 5.00. The zero-order valence-corrected chi connectivity index (χ0v) is 14.8. The molecule has 4 rings (SSSR count). The lowest BCUT2D eigenvalue weighted by Gasteiger charge is -2.37. The maximum atomic E-state index is 13.1. The Hall–Kier alpha value is -2.33. The molecule has 25 heavy (non-hydrogen) atoms. The van der Waals surface area contributed by atoms with Gasteiger partial charge in [-0.05, 0) is 55.0 Å². The zero-order chi connectivity index (χ0) is 17.4. The smallest absolute Gasteiger partial charge is 0.129 e. The van der Waals surface area contributed by atoms with E-state index in [0.717, 1.165) is 48.6 Å². The van der Waals surface area contributed by atoms with Gasteiger partial charge in [-0.3, -0.25) is 0 Å². The summed E-state index contributed by atoms with van der Waals surface area (Å²) in [6, 6.07) is 14.7. The van der Waals surface area contributed by atoms with Crippen molar-refractivity contribution < 1.29 is 4.39 Å². The van der Waals surface area contributed by atoms with Crippen molar-refractivity contribution in [3.8, 4) is 0 Å². The van der Waals surface area contributed by atoms with Crippen molar-refractivity contribution >= 4 is 34.0 Å². The minimum Gasteiger partial charge on any atom is -0.368 e. The number of rotatable bonds is 2. The Labute approximate surface area is 151 Å². The molecular formula is C20H19ClFN3. The molecule has 1 saturated heterocycles. The predicted molar refractivity (Wildman–Crippen MR) is 102 cm³/mol. The second-order valence-corrected chi connectivity index (χ2v) is 6.85. The molecule has 5 heteroatoms. The topological polar surface area (TPSA) is 19.4 Å². The Morgan fingerprint density at radius 1 is 0.920 bits per heavy atom. The van der Waals surface area contributed by atoms with Crippen LogP contribution in [-0.2, 0) is 0 Å². The van der Waals surface area contributed by atoms with Crippen LogP contribution in [0.1, 0.15) is 5.56 Å². The van der Waals surface area contributed by atoms with E-state index >= 15 is 0 Å². The standard InChI is InChI=1S/C20H19ClFN3/c1-14-12-20(23-19-13-15(21)2-7-18(14)19)25-10-8-24(9-11-25)17-5-3-16(22)4-6-17/h2-7,12-13H,8-11H2,1H3. The van der Waals surface area contributed by atoms with Gasteiger partial charge in [0.2, 0.25) is 0 Å². The van der Waals surface area contributed by atoms with E-state index in [4.69, 9.17) is 16.6 Å². The minimum atomic E-state index is -0.197. The number of aromatic nitrogens is 1. The number of hydrogen-bond donors (Lipinski definition) is 0. The summed E-state index contributed by atoms with van der Waals surface area (Å²) in [6.45, 7) is 5.65. The monoisotopic (exact) mass is 355 g/mol. The van der Waals surface area contributed by atoms with Crippen LogP contribution in [0.15, 0.2) is 48.5 Å². The van der Waals surface area contributed by atoms with Gasteiger partial charge in [-0.25, -0.2) is 9.37 Å². The van der Waals surface area contributed by atoms with Gasteiger partial charge in [0.05, 0.1) is 5.52 Å². The third-order valence-electron chi connectivity index (χ3n) is 4.76. The molecule has 0 amide bonds. The van der Waals surface area contributed by atoms with Crippen LogP contribution in [0.25, 0.3) is 10.9 Å². The fraction of sp³-hybridized carbons (Fsp3) is 0.250. The first kappa shape index (κ1) is 16.2. The van der Waals surface area contributed by atoms with Crippen LogP contribution in [0.2, 0.25) is 5.02 Å². The molecule has 0 aliphatic carbocycles. The number of nitrogens with zero attached hydrogens (tertiary/aromatic N) is 3. The van der Waals surface area contributed by atoms with Crippen molar-refractivity contribution in [3.05, 3.63) is 64.9 Å². The molecular weight excluding hydrogens is 337 g/mol. The van der Waals surface area contributed by atoms with Crippen molar-refractivity contribution in [2.24, 2.45) is 0 Å². The summed E-state index contributed by atoms with van der Waals surface area (Å²) in [6.07, 6.45) is 0. The second kappa shape index (κ2) is 6.52. The number of hydrogen-bond acceptors (Lipinski definition) is 3. The molecule has 0 radical (unpaired) electrons. The van der Waals surface area contributed by atoms with Crippen LogP contribution in [0.3, 0.4) is 0 Å². The Morgan fingerprint density at radius 2 is 1.60 bits per heavy atom. The SMILES string of the molecule is Cc1cc(N2CCN(c3ccc(F)cc3)CC2)nc2cc(Cl)ccc12. The summed E-state index contributed by atoms with van der Waals surface area (Å²) >= 11 is 6.12. The highest BCUT2D eigenvalue weighted by molar-refractivity contribution is 6.31. The highest BCUT2D eigenvalue weighted by Crippen LogP contribution is 2.26. The minimum absolute atomic E-state index is 0.197. The van der Waals surface area contributed by atoms with Gasteiger partial charge >= 0.3 is 0 Å². The number of benzene rings is 2. The van der Waals surface area contributed by atoms with Gasteiger partial charge in [0.1, 0.15) is 11.6 Å². The number of anilines is 2. The first-order chi connectivity index (χ1) is 12.1. The predicted octanol–water partition coefficient (Wildman–Crippen LogP) is 4.66. The van der Waals surface area contributed by atoms with Crippen LogP contribution in [0.5, 0.6) is 0 Å². The van der Waals surface area contributed by atoms with Crippen molar-refractivity contribution in [2.75, 3.05) is 36.0 Å². The molecule has 3 nitrogen and oxygen atoms in total. The maximum Gasteiger partial charge on any atom is 0.129 e. The summed E-state index contributed by atoms with van der Waals surface area (Å²) in [5.41, 5.74) is 3.21. The number of halogens is 2. The molecule has 0 spiro atoms. The van der Waals surface area contributed by atoms with Gasteiger partial charge in [0, 0.05) is 42.3 Å². The fourth-order valence-electron chi connectivity index (χ4n) is 3.37. The lowest BCUT2D eigenvalue weighted by molar-refractivity contribution is 0.624. The Balaban J connectivity index is 1.54. The van der Waals surface area contributed by atoms with Gasteiger partial charge < -0.3 is 9.80 Å². The lowest BCUT2D eigenvalue weighted by Crippen LogP contribution is -2.46. The summed E-state index contributed by atoms with van der Waals surface area (Å²) in [5.74, 6) is 0.794. The van der Waals surface area contributed by atoms with E-state index in [1.54, 1.807) is 0 Å². The molecule has 0 unspecified atom stereocenters. The molecule has 0 atom stereocenters. The Bertz CT molecular complexity index is 903. The molecule has 128 valence electrons. The Morgan fingerprint density at radius 3 is 2.32 bits per heavy atom. The van der Waals surface area contributed by atoms with Crippen LogP contribution in [0.4, 0.5) is 15.9 Å². The molecule has 0 N–H and O–H groups in total. The Kier molecular flexibility index (Phi) is 4.22. The lowest BCUT2D eigenvalue weighted by atomic mass is 10.1. The summed E-state index contributed by atoms with van der Waals surface area (Å²) in [5, 5.41) is 1.84. The molecule has 0 saturated carbocycles. The van der Waals surface area contributed by atoms with Crippen LogP contribution < -0.4 is 9.80 Å². The second-order valence-electron chi connectivity index (χ2n) is 6.41. The van der Waals surface area contributed by atoms with Gasteiger partial charge in [-0.15, -0.1) is 0 Å². The van der Waals surface area contributed by atoms with Crippen LogP contribution >= 0.6 is 11.6 Å². The van der Waals surface area contributed by atoms with Gasteiger partial charge in [0.25, 0.3) is 0 Å². The summed E-state index contributed by atoms with van der Waals surface area (Å²) in [4.78, 5) is 9.38. The molecule has 1 fully saturated rings. The molecule has 2 heterocycles. The molecule has 1 aliphatic heterocycles. The zero-order valence-electron chi connectivity index (χ0n) is 14.0. The van der Waals surface area contributed by atoms with Crippen molar-refractivity contribution in [1.29, 1.82) is 0 Å². The third kappa shape index (κ3) is 3.27. The summed E-state index contributed by atoms with van der Waals surface area (Å²) < 4.78 is 13.1. The van der Waals surface area contributed by atoms with Crippen molar-refractivity contribution in [3.63, 3.8) is 0 Å². The number of aryl methyl sites for hydroxylation is 1. The number of pyridine rings is 1. The molecule has 1 aliphatic rings. The largest absolute Gasteiger partial charge is 0.368 e.